The summed E-state index contributed by atoms with van der Waals surface area (Å²) >= 11 is 0. The van der Waals surface area contributed by atoms with Gasteiger partial charge in [0.25, 0.3) is 0 Å². The van der Waals surface area contributed by atoms with Crippen LogP contribution in [0.3, 0.4) is 0 Å². The Kier molecular flexibility index (Phi) is 8.16. The number of hydrogen-bond acceptors (Lipinski definition) is 10. The first-order valence-corrected chi connectivity index (χ1v) is 12.0. The molecule has 3 aromatic rings. The van der Waals surface area contributed by atoms with Gasteiger partial charge in [-0.25, -0.2) is 10.5 Å². The molecule has 0 radical (unpaired) electrons. The molecule has 12 nitrogen and oxygen atoms in total. The Balaban J connectivity index is 1.80. The number of amides is 1. The molecule has 0 fully saturated rings. The molecule has 0 saturated heterocycles. The molecule has 1 amide bonds. The van der Waals surface area contributed by atoms with Crippen LogP contribution in [0.5, 0.6) is 0 Å². The number of aliphatic hydroxyl groups excluding tert-OH is 1. The maximum absolute atomic E-state index is 13.6. The molecule has 2 heterocycles. The Morgan fingerprint density at radius 1 is 1.14 bits per heavy atom. The van der Waals surface area contributed by atoms with Gasteiger partial charge in [0.15, 0.2) is 0 Å². The summed E-state index contributed by atoms with van der Waals surface area (Å²) in [4.78, 5) is 20.0. The highest BCUT2D eigenvalue weighted by Gasteiger charge is 2.40. The van der Waals surface area contributed by atoms with E-state index in [1.165, 1.54) is 16.2 Å². The van der Waals surface area contributed by atoms with Gasteiger partial charge in [-0.2, -0.15) is 5.10 Å². The first-order chi connectivity index (χ1) is 17.8. The number of carbonyl (C=O) groups is 1. The highest BCUT2D eigenvalue weighted by atomic mass is 16.3. The fraction of sp³-hybridized carbons (Fsp3) is 0.320. The van der Waals surface area contributed by atoms with Crippen molar-refractivity contribution in [1.82, 2.24) is 30.5 Å². The van der Waals surface area contributed by atoms with Gasteiger partial charge >= 0.3 is 0 Å². The third kappa shape index (κ3) is 6.50. The molecule has 0 aliphatic carbocycles. The van der Waals surface area contributed by atoms with Crippen molar-refractivity contribution < 1.29 is 9.90 Å². The number of rotatable bonds is 11. The van der Waals surface area contributed by atoms with Crippen LogP contribution >= 0.6 is 0 Å². The van der Waals surface area contributed by atoms with Gasteiger partial charge in [-0.15, -0.1) is 5.53 Å². The average Bonchev–Trinajstić information content (AvgIpc) is 3.54. The highest BCUT2D eigenvalue weighted by molar-refractivity contribution is 5.81. The minimum atomic E-state index is -1.41. The lowest BCUT2D eigenvalue weighted by molar-refractivity contribution is -0.138. The fourth-order valence-electron chi connectivity index (χ4n) is 4.25. The van der Waals surface area contributed by atoms with Crippen LogP contribution in [0.25, 0.3) is 11.3 Å². The van der Waals surface area contributed by atoms with E-state index in [-0.39, 0.29) is 25.5 Å². The molecule has 196 valence electrons. The van der Waals surface area contributed by atoms with E-state index in [9.17, 15) is 9.90 Å². The Morgan fingerprint density at radius 3 is 2.41 bits per heavy atom. The zero-order valence-electron chi connectivity index (χ0n) is 20.7. The fourth-order valence-corrected chi connectivity index (χ4v) is 4.25. The molecule has 1 unspecified atom stereocenters. The molecule has 0 bridgehead atoms. The number of hydrazine groups is 2. The van der Waals surface area contributed by atoms with Crippen molar-refractivity contribution >= 4 is 12.2 Å². The monoisotopic (exact) mass is 506 g/mol. The van der Waals surface area contributed by atoms with Crippen molar-refractivity contribution in [2.24, 2.45) is 22.3 Å². The molecule has 9 N–H and O–H groups in total. The first kappa shape index (κ1) is 26.3. The van der Waals surface area contributed by atoms with E-state index in [0.29, 0.717) is 18.1 Å². The SMILES string of the molecule is CC(N)(N)[C@H](c1nc(-c2ccccc2)cn1Cc1ccccc1)N(CC(O)CN)C(=O)CN1C=NNN1. The lowest BCUT2D eigenvalue weighted by Crippen LogP contribution is -2.61. The minimum absolute atomic E-state index is 0.0406. The third-order valence-electron chi connectivity index (χ3n) is 5.98. The summed E-state index contributed by atoms with van der Waals surface area (Å²) in [6, 6.07) is 18.7. The van der Waals surface area contributed by atoms with Crippen LogP contribution in [0.1, 0.15) is 24.4 Å². The van der Waals surface area contributed by atoms with Crippen LogP contribution < -0.4 is 28.3 Å². The van der Waals surface area contributed by atoms with E-state index in [4.69, 9.17) is 22.2 Å². The lowest BCUT2D eigenvalue weighted by atomic mass is 10.00. The predicted molar refractivity (Wildman–Crippen MR) is 141 cm³/mol. The second-order valence-electron chi connectivity index (χ2n) is 9.26. The van der Waals surface area contributed by atoms with Gasteiger partial charge < -0.3 is 31.8 Å². The Morgan fingerprint density at radius 2 is 1.81 bits per heavy atom. The minimum Gasteiger partial charge on any atom is -0.390 e. The Hall–Kier alpha value is -3.81. The summed E-state index contributed by atoms with van der Waals surface area (Å²) in [6.45, 7) is 1.90. The van der Waals surface area contributed by atoms with Crippen molar-refractivity contribution in [3.8, 4) is 11.3 Å². The van der Waals surface area contributed by atoms with Crippen molar-refractivity contribution in [2.45, 2.75) is 31.3 Å². The van der Waals surface area contributed by atoms with Gasteiger partial charge in [0, 0.05) is 31.4 Å². The summed E-state index contributed by atoms with van der Waals surface area (Å²) < 4.78 is 1.95. The largest absolute Gasteiger partial charge is 0.390 e. The maximum atomic E-state index is 13.6. The van der Waals surface area contributed by atoms with Crippen LogP contribution in [0.15, 0.2) is 72.0 Å². The standard InChI is InChI=1S/C25H34N10O2/c1-25(27,28)23(35(14-20(36)12-26)22(37)16-34-17-29-31-32-34)24-30-21(19-10-6-3-7-11-19)15-33(24)13-18-8-4-2-5-9-18/h2-11,15,17,20,23,31-32,36H,12-14,16,26-28H2,1H3/t20?,23-/m0/s1. The van der Waals surface area contributed by atoms with Crippen molar-refractivity contribution in [2.75, 3.05) is 19.6 Å². The molecule has 0 saturated carbocycles. The van der Waals surface area contributed by atoms with Crippen LogP contribution in [-0.4, -0.2) is 68.2 Å². The van der Waals surface area contributed by atoms with Gasteiger partial charge in [0.05, 0.1) is 17.5 Å². The molecule has 1 aliphatic heterocycles. The zero-order valence-corrected chi connectivity index (χ0v) is 20.7. The summed E-state index contributed by atoms with van der Waals surface area (Å²) in [5.74, 6) is 0.145. The number of aliphatic hydroxyl groups is 1. The number of nitrogens with one attached hydrogen (secondary N) is 2. The van der Waals surface area contributed by atoms with Gasteiger partial charge in [-0.1, -0.05) is 60.7 Å². The number of hydrogen-bond donors (Lipinski definition) is 6. The predicted octanol–water partition coefficient (Wildman–Crippen LogP) is -0.311. The number of hydrazone groups is 1. The van der Waals surface area contributed by atoms with Gasteiger partial charge in [0.2, 0.25) is 5.91 Å². The van der Waals surface area contributed by atoms with Gasteiger partial charge in [-0.3, -0.25) is 9.80 Å². The van der Waals surface area contributed by atoms with Crippen LogP contribution in [-0.2, 0) is 11.3 Å². The van der Waals surface area contributed by atoms with E-state index < -0.39 is 17.8 Å². The summed E-state index contributed by atoms with van der Waals surface area (Å²) in [5.41, 5.74) is 25.3. The maximum Gasteiger partial charge on any atom is 0.244 e. The lowest BCUT2D eigenvalue weighted by Gasteiger charge is -2.40. The van der Waals surface area contributed by atoms with E-state index in [1.54, 1.807) is 6.92 Å². The van der Waals surface area contributed by atoms with Crippen molar-refractivity contribution in [3.63, 3.8) is 0 Å². The van der Waals surface area contributed by atoms with Crippen molar-refractivity contribution in [1.29, 1.82) is 0 Å². The first-order valence-electron chi connectivity index (χ1n) is 12.0. The van der Waals surface area contributed by atoms with Crippen LogP contribution in [0.4, 0.5) is 0 Å². The molecule has 2 aromatic carbocycles. The van der Waals surface area contributed by atoms with E-state index in [0.717, 1.165) is 11.1 Å². The van der Waals surface area contributed by atoms with Crippen LogP contribution in [0, 0.1) is 0 Å². The topological polar surface area (TPSA) is 176 Å². The number of carbonyl (C=O) groups excluding carboxylic acids is 1. The number of nitrogens with zero attached hydrogens (tertiary/aromatic N) is 5. The molecule has 0 spiro atoms. The summed E-state index contributed by atoms with van der Waals surface area (Å²) in [6.07, 6.45) is 2.38. The van der Waals surface area contributed by atoms with Gasteiger partial charge in [0.1, 0.15) is 24.7 Å². The average molecular weight is 507 g/mol. The molecule has 12 heteroatoms. The zero-order chi connectivity index (χ0) is 26.4. The number of imidazole rings is 1. The normalized spacial score (nSPS) is 14.9. The molecule has 4 rings (SSSR count). The van der Waals surface area contributed by atoms with E-state index in [1.807, 2.05) is 71.4 Å². The van der Waals surface area contributed by atoms with Crippen molar-refractivity contribution in [3.05, 3.63) is 78.2 Å². The molecule has 1 aliphatic rings. The highest BCUT2D eigenvalue weighted by Crippen LogP contribution is 2.31. The smallest absolute Gasteiger partial charge is 0.244 e. The van der Waals surface area contributed by atoms with Crippen LogP contribution in [0.2, 0.25) is 0 Å². The Labute approximate surface area is 215 Å². The molecule has 2 atom stereocenters. The Bertz CT molecular complexity index is 1190. The number of benzene rings is 2. The van der Waals surface area contributed by atoms with E-state index >= 15 is 0 Å². The number of aromatic nitrogens is 2. The second-order valence-corrected chi connectivity index (χ2v) is 9.26. The quantitative estimate of drug-likeness (QED) is 0.190. The van der Waals surface area contributed by atoms with Gasteiger partial charge in [-0.05, 0) is 12.5 Å². The molecular weight excluding hydrogens is 472 g/mol. The molecular formula is C25H34N10O2. The molecule has 37 heavy (non-hydrogen) atoms. The number of nitrogens with two attached hydrogens (primary N) is 3. The summed E-state index contributed by atoms with van der Waals surface area (Å²) in [7, 11) is 0. The summed E-state index contributed by atoms with van der Waals surface area (Å²) in [5, 5.41) is 15.8. The second kappa shape index (κ2) is 11.5. The van der Waals surface area contributed by atoms with E-state index in [2.05, 4.69) is 16.2 Å². The third-order valence-corrected chi connectivity index (χ3v) is 5.98. The molecule has 1 aromatic heterocycles.